The van der Waals surface area contributed by atoms with Crippen LogP contribution in [0, 0.1) is 10.1 Å². The largest absolute Gasteiger partial charge is 0.496 e. The van der Waals surface area contributed by atoms with Gasteiger partial charge in [-0.05, 0) is 54.1 Å². The first kappa shape index (κ1) is 21.1. The first-order valence-corrected chi connectivity index (χ1v) is 9.36. The topological polar surface area (TPSA) is 78.7 Å². The fourth-order valence-corrected chi connectivity index (χ4v) is 2.87. The highest BCUT2D eigenvalue weighted by Crippen LogP contribution is 2.25. The molecule has 30 heavy (non-hydrogen) atoms. The van der Waals surface area contributed by atoms with Gasteiger partial charge >= 0.3 is 0 Å². The van der Waals surface area contributed by atoms with Gasteiger partial charge in [0.25, 0.3) is 5.69 Å². The highest BCUT2D eigenvalue weighted by Gasteiger charge is 2.09. The van der Waals surface area contributed by atoms with Crippen molar-refractivity contribution in [3.05, 3.63) is 105 Å². The number of nitrogens with zero attached hydrogens (tertiary/aromatic N) is 1. The molecule has 0 aliphatic heterocycles. The van der Waals surface area contributed by atoms with Crippen LogP contribution in [0.1, 0.15) is 21.5 Å². The number of benzene rings is 3. The molecule has 152 valence electrons. The van der Waals surface area contributed by atoms with Gasteiger partial charge in [0.2, 0.25) is 0 Å². The molecule has 0 saturated heterocycles. The molecule has 0 bridgehead atoms. The fraction of sp³-hybridized carbons (Fsp3) is 0.0870. The molecule has 0 fully saturated rings. The van der Waals surface area contributed by atoms with E-state index in [9.17, 15) is 14.9 Å². The van der Waals surface area contributed by atoms with Crippen LogP contribution in [0.5, 0.6) is 11.5 Å². The predicted molar refractivity (Wildman–Crippen MR) is 115 cm³/mol. The van der Waals surface area contributed by atoms with E-state index < -0.39 is 4.92 Å². The number of ketones is 1. The molecule has 6 nitrogen and oxygen atoms in total. The minimum atomic E-state index is -0.476. The zero-order valence-electron chi connectivity index (χ0n) is 16.1. The Morgan fingerprint density at radius 2 is 1.87 bits per heavy atom. The van der Waals surface area contributed by atoms with Crippen LogP contribution >= 0.6 is 11.6 Å². The molecule has 0 atom stereocenters. The highest BCUT2D eigenvalue weighted by atomic mass is 35.5. The number of nitro benzene ring substituents is 1. The van der Waals surface area contributed by atoms with Gasteiger partial charge in [0.05, 0.1) is 18.1 Å². The van der Waals surface area contributed by atoms with E-state index in [1.165, 1.54) is 18.2 Å². The molecule has 0 aliphatic rings. The van der Waals surface area contributed by atoms with Gasteiger partial charge in [-0.25, -0.2) is 0 Å². The molecule has 0 heterocycles. The Morgan fingerprint density at radius 1 is 1.10 bits per heavy atom. The van der Waals surface area contributed by atoms with E-state index in [1.54, 1.807) is 55.7 Å². The van der Waals surface area contributed by atoms with Gasteiger partial charge in [-0.15, -0.1) is 0 Å². The van der Waals surface area contributed by atoms with Crippen molar-refractivity contribution in [3.8, 4) is 11.5 Å². The number of carbonyl (C=O) groups is 1. The highest BCUT2D eigenvalue weighted by molar-refractivity contribution is 6.30. The second kappa shape index (κ2) is 9.71. The Bertz CT molecular complexity index is 1090. The zero-order chi connectivity index (χ0) is 21.5. The summed E-state index contributed by atoms with van der Waals surface area (Å²) < 4.78 is 11.1. The maximum atomic E-state index is 12.3. The fourth-order valence-electron chi connectivity index (χ4n) is 2.75. The lowest BCUT2D eigenvalue weighted by atomic mass is 10.1. The van der Waals surface area contributed by atoms with Crippen LogP contribution < -0.4 is 9.47 Å². The van der Waals surface area contributed by atoms with E-state index in [0.29, 0.717) is 22.1 Å². The van der Waals surface area contributed by atoms with Crippen LogP contribution in [0.2, 0.25) is 5.02 Å². The van der Waals surface area contributed by atoms with E-state index in [4.69, 9.17) is 21.1 Å². The van der Waals surface area contributed by atoms with Crippen LogP contribution in [-0.2, 0) is 6.61 Å². The molecule has 0 aromatic heterocycles. The third-order valence-corrected chi connectivity index (χ3v) is 4.54. The molecule has 0 spiro atoms. The summed E-state index contributed by atoms with van der Waals surface area (Å²) in [5.74, 6) is 0.851. The van der Waals surface area contributed by atoms with Crippen LogP contribution in [-0.4, -0.2) is 17.8 Å². The number of hydrogen-bond donors (Lipinski definition) is 0. The standard InChI is InChI=1S/C23H18ClNO5/c1-29-23-12-6-16(5-11-22(26)17-7-9-19(24)10-8-17)13-18(23)15-30-21-4-2-3-20(14-21)25(27)28/h2-14H,15H2,1H3/b11-5+. The van der Waals surface area contributed by atoms with Crippen LogP contribution in [0.25, 0.3) is 6.08 Å². The summed E-state index contributed by atoms with van der Waals surface area (Å²) in [7, 11) is 1.55. The molecular formula is C23H18ClNO5. The SMILES string of the molecule is COc1ccc(/C=C/C(=O)c2ccc(Cl)cc2)cc1COc1cccc([N+](=O)[O-])c1. The number of hydrogen-bond acceptors (Lipinski definition) is 5. The number of carbonyl (C=O) groups excluding carboxylic acids is 1. The van der Waals surface area contributed by atoms with E-state index in [-0.39, 0.29) is 18.1 Å². The second-order valence-corrected chi connectivity index (χ2v) is 6.76. The Hall–Kier alpha value is -3.64. The van der Waals surface area contributed by atoms with Crippen LogP contribution in [0.4, 0.5) is 5.69 Å². The van der Waals surface area contributed by atoms with Crippen molar-refractivity contribution in [3.63, 3.8) is 0 Å². The van der Waals surface area contributed by atoms with Gasteiger partial charge < -0.3 is 9.47 Å². The van der Waals surface area contributed by atoms with Gasteiger partial charge in [-0.3, -0.25) is 14.9 Å². The average Bonchev–Trinajstić information content (AvgIpc) is 2.76. The molecule has 7 heteroatoms. The number of halogens is 1. The normalized spacial score (nSPS) is 10.7. The van der Waals surface area contributed by atoms with Crippen molar-refractivity contribution in [2.75, 3.05) is 7.11 Å². The van der Waals surface area contributed by atoms with Gasteiger partial charge in [-0.2, -0.15) is 0 Å². The zero-order valence-corrected chi connectivity index (χ0v) is 16.8. The van der Waals surface area contributed by atoms with Gasteiger partial charge in [0.15, 0.2) is 5.78 Å². The number of methoxy groups -OCH3 is 1. The Labute approximate surface area is 178 Å². The molecule has 0 radical (unpaired) electrons. The van der Waals surface area contributed by atoms with Crippen molar-refractivity contribution in [1.29, 1.82) is 0 Å². The summed E-state index contributed by atoms with van der Waals surface area (Å²) >= 11 is 5.85. The summed E-state index contributed by atoms with van der Waals surface area (Å²) in [6.45, 7) is 0.150. The molecule has 0 unspecified atom stereocenters. The smallest absolute Gasteiger partial charge is 0.273 e. The predicted octanol–water partition coefficient (Wildman–Crippen LogP) is 5.73. The van der Waals surface area contributed by atoms with E-state index >= 15 is 0 Å². The maximum Gasteiger partial charge on any atom is 0.273 e. The third-order valence-electron chi connectivity index (χ3n) is 4.28. The molecule has 0 saturated carbocycles. The maximum absolute atomic E-state index is 12.3. The van der Waals surface area contributed by atoms with Crippen molar-refractivity contribution < 1.29 is 19.2 Å². The van der Waals surface area contributed by atoms with E-state index in [0.717, 1.165) is 11.1 Å². The summed E-state index contributed by atoms with van der Waals surface area (Å²) in [5.41, 5.74) is 2.02. The first-order chi connectivity index (χ1) is 14.5. The summed E-state index contributed by atoms with van der Waals surface area (Å²) in [6.07, 6.45) is 3.18. The Kier molecular flexibility index (Phi) is 6.83. The van der Waals surface area contributed by atoms with Crippen molar-refractivity contribution in [2.24, 2.45) is 0 Å². The number of allylic oxidation sites excluding steroid dienone is 1. The molecule has 3 rings (SSSR count). The molecule has 0 amide bonds. The van der Waals surface area contributed by atoms with Crippen molar-refractivity contribution in [2.45, 2.75) is 6.61 Å². The minimum absolute atomic E-state index is 0.0446. The van der Waals surface area contributed by atoms with Gasteiger partial charge in [0, 0.05) is 22.2 Å². The quantitative estimate of drug-likeness (QED) is 0.200. The lowest BCUT2D eigenvalue weighted by Gasteiger charge is -2.11. The molecule has 3 aromatic carbocycles. The molecule has 0 N–H and O–H groups in total. The van der Waals surface area contributed by atoms with Crippen LogP contribution in [0.3, 0.4) is 0 Å². The summed E-state index contributed by atoms with van der Waals surface area (Å²) in [6, 6.07) is 18.1. The number of rotatable bonds is 8. The van der Waals surface area contributed by atoms with Crippen molar-refractivity contribution >= 4 is 29.1 Å². The van der Waals surface area contributed by atoms with E-state index in [1.807, 2.05) is 12.1 Å². The number of ether oxygens (including phenoxy) is 2. The Balaban J connectivity index is 1.74. The van der Waals surface area contributed by atoms with Gasteiger partial charge in [0.1, 0.15) is 18.1 Å². The van der Waals surface area contributed by atoms with Gasteiger partial charge in [-0.1, -0.05) is 29.8 Å². The lowest BCUT2D eigenvalue weighted by Crippen LogP contribution is -2.00. The van der Waals surface area contributed by atoms with Crippen molar-refractivity contribution in [1.82, 2.24) is 0 Å². The average molecular weight is 424 g/mol. The first-order valence-electron chi connectivity index (χ1n) is 8.98. The molecule has 0 aliphatic carbocycles. The van der Waals surface area contributed by atoms with E-state index in [2.05, 4.69) is 0 Å². The second-order valence-electron chi connectivity index (χ2n) is 6.32. The summed E-state index contributed by atoms with van der Waals surface area (Å²) in [5, 5.41) is 11.5. The van der Waals surface area contributed by atoms with Crippen LogP contribution in [0.15, 0.2) is 72.8 Å². The minimum Gasteiger partial charge on any atom is -0.496 e. The third kappa shape index (κ3) is 5.46. The lowest BCUT2D eigenvalue weighted by molar-refractivity contribution is -0.384. The number of non-ortho nitro benzene ring substituents is 1. The molecular weight excluding hydrogens is 406 g/mol. The summed E-state index contributed by atoms with van der Waals surface area (Å²) in [4.78, 5) is 22.7. The molecule has 3 aromatic rings. The monoisotopic (exact) mass is 423 g/mol. The number of nitro groups is 1. The Morgan fingerprint density at radius 3 is 2.57 bits per heavy atom.